The van der Waals surface area contributed by atoms with Crippen LogP contribution in [0.5, 0.6) is 0 Å². The highest BCUT2D eigenvalue weighted by Crippen LogP contribution is 2.28. The van der Waals surface area contributed by atoms with Gasteiger partial charge in [0.2, 0.25) is 0 Å². The van der Waals surface area contributed by atoms with E-state index in [1.165, 1.54) is 0 Å². The zero-order valence-corrected chi connectivity index (χ0v) is 11.6. The van der Waals surface area contributed by atoms with Gasteiger partial charge in [-0.25, -0.2) is 4.79 Å². The minimum atomic E-state index is -0.823. The summed E-state index contributed by atoms with van der Waals surface area (Å²) in [4.78, 5) is 12.9. The maximum absolute atomic E-state index is 11.2. The lowest BCUT2D eigenvalue weighted by molar-refractivity contribution is -0.138. The van der Waals surface area contributed by atoms with Gasteiger partial charge in [0.15, 0.2) is 0 Å². The minimum absolute atomic E-state index is 0.538. The molecule has 0 aliphatic rings. The highest BCUT2D eigenvalue weighted by Gasteiger charge is 2.23. The number of nitrogens with zero attached hydrogens (tertiary/aromatic N) is 1. The lowest BCUT2D eigenvalue weighted by atomic mass is 10.1. The van der Waals surface area contributed by atoms with Gasteiger partial charge in [-0.2, -0.15) is 0 Å². The number of benzene rings is 1. The molecule has 1 aromatic rings. The van der Waals surface area contributed by atoms with E-state index in [1.54, 1.807) is 18.0 Å². The number of aliphatic carboxylic acids is 1. The lowest BCUT2D eigenvalue weighted by Crippen LogP contribution is -2.38. The Balaban J connectivity index is 3.00. The van der Waals surface area contributed by atoms with Crippen molar-refractivity contribution in [3.05, 3.63) is 22.7 Å². The van der Waals surface area contributed by atoms with E-state index in [4.69, 9.17) is 5.73 Å². The maximum atomic E-state index is 11.2. The molecular formula is C12H17BrN2O2. The number of hydrogen-bond acceptors (Lipinski definition) is 3. The van der Waals surface area contributed by atoms with Crippen molar-refractivity contribution in [1.29, 1.82) is 0 Å². The summed E-state index contributed by atoms with van der Waals surface area (Å²) in [6.45, 7) is 1.97. The first kappa shape index (κ1) is 13.8. The van der Waals surface area contributed by atoms with Crippen LogP contribution in [0, 0.1) is 0 Å². The van der Waals surface area contributed by atoms with Gasteiger partial charge >= 0.3 is 5.97 Å². The van der Waals surface area contributed by atoms with Crippen molar-refractivity contribution in [2.24, 2.45) is 0 Å². The fourth-order valence-electron chi connectivity index (χ4n) is 1.77. The summed E-state index contributed by atoms with van der Waals surface area (Å²) in [6, 6.07) is 4.91. The molecule has 3 N–H and O–H groups in total. The molecule has 0 radical (unpaired) electrons. The SMILES string of the molecule is CCCC(C(=O)O)N(C)c1ccc(Br)cc1N. The molecule has 0 heterocycles. The van der Waals surface area contributed by atoms with Crippen LogP contribution in [0.4, 0.5) is 11.4 Å². The second-order valence-electron chi connectivity index (χ2n) is 3.96. The second kappa shape index (κ2) is 5.91. The normalized spacial score (nSPS) is 12.2. The third-order valence-corrected chi connectivity index (χ3v) is 3.18. The van der Waals surface area contributed by atoms with Gasteiger partial charge in [0.1, 0.15) is 6.04 Å². The van der Waals surface area contributed by atoms with Gasteiger partial charge in [-0.3, -0.25) is 0 Å². The number of carboxylic acid groups (broad SMARTS) is 1. The Kier molecular flexibility index (Phi) is 4.81. The van der Waals surface area contributed by atoms with E-state index in [9.17, 15) is 9.90 Å². The Morgan fingerprint density at radius 3 is 2.71 bits per heavy atom. The molecule has 4 nitrogen and oxygen atoms in total. The van der Waals surface area contributed by atoms with Gasteiger partial charge in [0.05, 0.1) is 11.4 Å². The van der Waals surface area contributed by atoms with Crippen molar-refractivity contribution in [3.63, 3.8) is 0 Å². The second-order valence-corrected chi connectivity index (χ2v) is 4.87. The zero-order valence-electron chi connectivity index (χ0n) is 9.98. The topological polar surface area (TPSA) is 66.6 Å². The van der Waals surface area contributed by atoms with Gasteiger partial charge < -0.3 is 15.7 Å². The summed E-state index contributed by atoms with van der Waals surface area (Å²) < 4.78 is 0.884. The summed E-state index contributed by atoms with van der Waals surface area (Å²) in [5.41, 5.74) is 7.21. The molecule has 94 valence electrons. The first-order valence-corrected chi connectivity index (χ1v) is 6.27. The van der Waals surface area contributed by atoms with Gasteiger partial charge in [0.25, 0.3) is 0 Å². The van der Waals surface area contributed by atoms with Crippen molar-refractivity contribution in [1.82, 2.24) is 0 Å². The molecule has 0 bridgehead atoms. The standard InChI is InChI=1S/C12H17BrN2O2/c1-3-4-11(12(16)17)15(2)10-6-5-8(13)7-9(10)14/h5-7,11H,3-4,14H2,1-2H3,(H,16,17). The minimum Gasteiger partial charge on any atom is -0.480 e. The maximum Gasteiger partial charge on any atom is 0.326 e. The van der Waals surface area contributed by atoms with E-state index < -0.39 is 12.0 Å². The summed E-state index contributed by atoms with van der Waals surface area (Å²) >= 11 is 3.33. The molecule has 0 amide bonds. The van der Waals surface area contributed by atoms with E-state index in [1.807, 2.05) is 19.1 Å². The number of anilines is 2. The molecule has 1 atom stereocenters. The number of nitrogen functional groups attached to an aromatic ring is 1. The Labute approximate surface area is 110 Å². The number of halogens is 1. The smallest absolute Gasteiger partial charge is 0.326 e. The number of carboxylic acids is 1. The van der Waals surface area contributed by atoms with Crippen molar-refractivity contribution in [2.75, 3.05) is 17.7 Å². The van der Waals surface area contributed by atoms with Gasteiger partial charge in [0, 0.05) is 11.5 Å². The summed E-state index contributed by atoms with van der Waals surface area (Å²) in [7, 11) is 1.76. The number of carbonyl (C=O) groups is 1. The Bertz CT molecular complexity index is 409. The predicted molar refractivity (Wildman–Crippen MR) is 73.3 cm³/mol. The van der Waals surface area contributed by atoms with E-state index in [2.05, 4.69) is 15.9 Å². The third kappa shape index (κ3) is 3.36. The average molecular weight is 301 g/mol. The Morgan fingerprint density at radius 1 is 1.59 bits per heavy atom. The van der Waals surface area contributed by atoms with Crippen LogP contribution >= 0.6 is 15.9 Å². The van der Waals surface area contributed by atoms with E-state index in [0.717, 1.165) is 16.6 Å². The van der Waals surface area contributed by atoms with E-state index >= 15 is 0 Å². The molecule has 0 fully saturated rings. The van der Waals surface area contributed by atoms with Crippen LogP contribution in [0.25, 0.3) is 0 Å². The molecule has 1 unspecified atom stereocenters. The van der Waals surface area contributed by atoms with E-state index in [-0.39, 0.29) is 0 Å². The van der Waals surface area contributed by atoms with Crippen LogP contribution < -0.4 is 10.6 Å². The van der Waals surface area contributed by atoms with Crippen LogP contribution in [0.15, 0.2) is 22.7 Å². The number of rotatable bonds is 5. The molecule has 0 saturated heterocycles. The molecular weight excluding hydrogens is 284 g/mol. The van der Waals surface area contributed by atoms with Crippen LogP contribution in [0.1, 0.15) is 19.8 Å². The van der Waals surface area contributed by atoms with Crippen LogP contribution in [0.3, 0.4) is 0 Å². The molecule has 0 saturated carbocycles. The highest BCUT2D eigenvalue weighted by molar-refractivity contribution is 9.10. The lowest BCUT2D eigenvalue weighted by Gasteiger charge is -2.27. The third-order valence-electron chi connectivity index (χ3n) is 2.68. The molecule has 0 spiro atoms. The van der Waals surface area contributed by atoms with Crippen LogP contribution in [0.2, 0.25) is 0 Å². The number of hydrogen-bond donors (Lipinski definition) is 2. The molecule has 0 aliphatic heterocycles. The van der Waals surface area contributed by atoms with Crippen molar-refractivity contribution < 1.29 is 9.90 Å². The van der Waals surface area contributed by atoms with Gasteiger partial charge in [-0.15, -0.1) is 0 Å². The van der Waals surface area contributed by atoms with Crippen LogP contribution in [-0.2, 0) is 4.79 Å². The highest BCUT2D eigenvalue weighted by atomic mass is 79.9. The molecule has 1 aromatic carbocycles. The quantitative estimate of drug-likeness (QED) is 0.821. The Morgan fingerprint density at radius 2 is 2.24 bits per heavy atom. The first-order chi connectivity index (χ1) is 7.97. The fraction of sp³-hybridized carbons (Fsp3) is 0.417. The summed E-state index contributed by atoms with van der Waals surface area (Å²) in [6.07, 6.45) is 1.42. The first-order valence-electron chi connectivity index (χ1n) is 5.48. The monoisotopic (exact) mass is 300 g/mol. The van der Waals surface area contributed by atoms with Gasteiger partial charge in [-0.1, -0.05) is 29.3 Å². The molecule has 1 rings (SSSR count). The van der Waals surface area contributed by atoms with Crippen molar-refractivity contribution in [2.45, 2.75) is 25.8 Å². The number of nitrogens with two attached hydrogens (primary N) is 1. The summed E-state index contributed by atoms with van der Waals surface area (Å²) in [5, 5.41) is 9.19. The number of likely N-dealkylation sites (N-methyl/N-ethyl adjacent to an activating group) is 1. The molecule has 0 aromatic heterocycles. The van der Waals surface area contributed by atoms with E-state index in [0.29, 0.717) is 12.1 Å². The fourth-order valence-corrected chi connectivity index (χ4v) is 2.15. The molecule has 17 heavy (non-hydrogen) atoms. The molecule has 5 heteroatoms. The van der Waals surface area contributed by atoms with Crippen molar-refractivity contribution >= 4 is 33.3 Å². The van der Waals surface area contributed by atoms with Crippen molar-refractivity contribution in [3.8, 4) is 0 Å². The van der Waals surface area contributed by atoms with Gasteiger partial charge in [-0.05, 0) is 24.6 Å². The largest absolute Gasteiger partial charge is 0.480 e. The average Bonchev–Trinajstić information content (AvgIpc) is 2.24. The predicted octanol–water partition coefficient (Wildman–Crippen LogP) is 2.72. The van der Waals surface area contributed by atoms with Crippen LogP contribution in [-0.4, -0.2) is 24.2 Å². The Hall–Kier alpha value is -1.23. The zero-order chi connectivity index (χ0) is 13.0. The summed E-state index contributed by atoms with van der Waals surface area (Å²) in [5.74, 6) is -0.823. The molecule has 0 aliphatic carbocycles.